The minimum atomic E-state index is -0.328. The van der Waals surface area contributed by atoms with Gasteiger partial charge in [-0.1, -0.05) is 18.6 Å². The van der Waals surface area contributed by atoms with Crippen LogP contribution in [0.4, 0.5) is 4.39 Å². The van der Waals surface area contributed by atoms with E-state index < -0.39 is 0 Å². The van der Waals surface area contributed by atoms with E-state index in [0.717, 1.165) is 49.3 Å². The quantitative estimate of drug-likeness (QED) is 0.933. The summed E-state index contributed by atoms with van der Waals surface area (Å²) in [5.74, 6) is -0.164. The normalized spacial score (nSPS) is 19.5. The minimum Gasteiger partial charge on any atom is -0.347 e. The molecule has 1 aromatic heterocycles. The molecule has 0 bridgehead atoms. The zero-order valence-electron chi connectivity index (χ0n) is 14.2. The molecule has 2 aliphatic rings. The fourth-order valence-electron chi connectivity index (χ4n) is 3.90. The average molecular weight is 342 g/mol. The van der Waals surface area contributed by atoms with Crippen molar-refractivity contribution in [2.45, 2.75) is 38.3 Å². The van der Waals surface area contributed by atoms with Crippen LogP contribution in [0.5, 0.6) is 0 Å². The van der Waals surface area contributed by atoms with Gasteiger partial charge in [0.25, 0.3) is 0 Å². The number of aromatic amines is 1. The van der Waals surface area contributed by atoms with Gasteiger partial charge in [0, 0.05) is 13.0 Å². The number of aromatic nitrogens is 2. The molecule has 1 N–H and O–H groups in total. The minimum absolute atomic E-state index is 0.105. The number of nitrogens with one attached hydrogen (secondary N) is 1. The summed E-state index contributed by atoms with van der Waals surface area (Å²) in [6.07, 6.45) is 5.90. The Morgan fingerprint density at radius 2 is 1.88 bits per heavy atom. The fourth-order valence-corrected chi connectivity index (χ4v) is 3.90. The van der Waals surface area contributed by atoms with E-state index >= 15 is 0 Å². The molecule has 0 saturated carbocycles. The first-order valence-corrected chi connectivity index (χ1v) is 9.02. The van der Waals surface area contributed by atoms with Crippen LogP contribution in [-0.4, -0.2) is 45.3 Å². The number of benzene rings is 1. The molecular weight excluding hydrogens is 319 g/mol. The third-order valence-electron chi connectivity index (χ3n) is 5.26. The number of halogens is 1. The number of hydrogen-bond acceptors (Lipinski definition) is 3. The van der Waals surface area contributed by atoms with E-state index in [1.165, 1.54) is 18.6 Å². The van der Waals surface area contributed by atoms with Crippen molar-refractivity contribution in [3.8, 4) is 0 Å². The maximum atomic E-state index is 13.4. The second-order valence-electron chi connectivity index (χ2n) is 6.89. The zero-order valence-corrected chi connectivity index (χ0v) is 14.2. The van der Waals surface area contributed by atoms with Crippen LogP contribution in [0.2, 0.25) is 0 Å². The van der Waals surface area contributed by atoms with Gasteiger partial charge in [0.05, 0.1) is 24.3 Å². The van der Waals surface area contributed by atoms with Gasteiger partial charge < -0.3 is 9.88 Å². The van der Waals surface area contributed by atoms with Crippen molar-refractivity contribution in [1.82, 2.24) is 19.8 Å². The first kappa shape index (κ1) is 16.3. The molecule has 1 aromatic carbocycles. The average Bonchev–Trinajstić information content (AvgIpc) is 3.12. The Bertz CT molecular complexity index is 736. The molecule has 3 heterocycles. The van der Waals surface area contributed by atoms with Gasteiger partial charge in [0.1, 0.15) is 11.9 Å². The van der Waals surface area contributed by atoms with E-state index in [1.54, 1.807) is 18.5 Å². The van der Waals surface area contributed by atoms with Crippen molar-refractivity contribution >= 4 is 5.91 Å². The molecule has 2 aliphatic heterocycles. The molecule has 5 nitrogen and oxygen atoms in total. The first-order valence-electron chi connectivity index (χ1n) is 9.02. The van der Waals surface area contributed by atoms with Gasteiger partial charge in [0.2, 0.25) is 5.91 Å². The van der Waals surface area contributed by atoms with Gasteiger partial charge in [-0.05, 0) is 43.6 Å². The van der Waals surface area contributed by atoms with Crippen LogP contribution in [0.25, 0.3) is 0 Å². The number of nitrogens with zero attached hydrogens (tertiary/aromatic N) is 3. The lowest BCUT2D eigenvalue weighted by atomic mass is 9.99. The van der Waals surface area contributed by atoms with Crippen molar-refractivity contribution < 1.29 is 9.18 Å². The van der Waals surface area contributed by atoms with Gasteiger partial charge in [-0.25, -0.2) is 9.37 Å². The van der Waals surface area contributed by atoms with Crippen LogP contribution in [0, 0.1) is 5.82 Å². The number of H-pyrrole nitrogens is 1. The smallest absolute Gasteiger partial charge is 0.244 e. The summed E-state index contributed by atoms with van der Waals surface area (Å²) in [5.41, 5.74) is 2.96. The Labute approximate surface area is 146 Å². The highest BCUT2D eigenvalue weighted by Crippen LogP contribution is 2.28. The lowest BCUT2D eigenvalue weighted by Gasteiger charge is -2.38. The SMILES string of the molecule is O=C([C@H](c1ccc(F)cc1)N1CCCCC1)N1CCc2nc[nH]c2C1. The molecule has 0 radical (unpaired) electrons. The van der Waals surface area contributed by atoms with E-state index in [9.17, 15) is 9.18 Å². The van der Waals surface area contributed by atoms with E-state index in [-0.39, 0.29) is 17.8 Å². The lowest BCUT2D eigenvalue weighted by molar-refractivity contribution is -0.138. The number of fused-ring (bicyclic) bond motifs is 1. The Balaban J connectivity index is 1.60. The second kappa shape index (κ2) is 6.96. The van der Waals surface area contributed by atoms with Crippen LogP contribution in [-0.2, 0) is 17.8 Å². The first-order chi connectivity index (χ1) is 12.2. The third kappa shape index (κ3) is 3.31. The largest absolute Gasteiger partial charge is 0.347 e. The highest BCUT2D eigenvalue weighted by Gasteiger charge is 2.34. The summed E-state index contributed by atoms with van der Waals surface area (Å²) in [6, 6.07) is 6.06. The standard InChI is InChI=1S/C19H23FN4O/c20-15-6-4-14(5-7-15)18(23-9-2-1-3-10-23)19(25)24-11-8-16-17(12-24)22-13-21-16/h4-7,13,18H,1-3,8-12H2,(H,21,22)/t18-/m0/s1. The molecule has 0 spiro atoms. The zero-order chi connectivity index (χ0) is 17.2. The molecule has 1 amide bonds. The molecule has 6 heteroatoms. The van der Waals surface area contributed by atoms with E-state index in [4.69, 9.17) is 0 Å². The number of likely N-dealkylation sites (tertiary alicyclic amines) is 1. The van der Waals surface area contributed by atoms with Crippen LogP contribution in [0.1, 0.15) is 42.3 Å². The number of hydrogen-bond donors (Lipinski definition) is 1. The number of carbonyl (C=O) groups excluding carboxylic acids is 1. The van der Waals surface area contributed by atoms with Gasteiger partial charge in [-0.15, -0.1) is 0 Å². The van der Waals surface area contributed by atoms with E-state index in [0.29, 0.717) is 13.1 Å². The van der Waals surface area contributed by atoms with Crippen LogP contribution in [0.3, 0.4) is 0 Å². The van der Waals surface area contributed by atoms with Crippen LogP contribution >= 0.6 is 0 Å². The predicted molar refractivity (Wildman–Crippen MR) is 92.3 cm³/mol. The Kier molecular flexibility index (Phi) is 4.53. The van der Waals surface area contributed by atoms with Crippen molar-refractivity contribution in [2.24, 2.45) is 0 Å². The number of imidazole rings is 1. The number of carbonyl (C=O) groups is 1. The highest BCUT2D eigenvalue weighted by atomic mass is 19.1. The Hall–Kier alpha value is -2.21. The monoisotopic (exact) mass is 342 g/mol. The summed E-state index contributed by atoms with van der Waals surface area (Å²) < 4.78 is 13.4. The summed E-state index contributed by atoms with van der Waals surface area (Å²) in [7, 11) is 0. The molecule has 2 aromatic rings. The Morgan fingerprint density at radius 1 is 1.12 bits per heavy atom. The van der Waals surface area contributed by atoms with Gasteiger partial charge >= 0.3 is 0 Å². The maximum Gasteiger partial charge on any atom is 0.244 e. The molecule has 4 rings (SSSR count). The van der Waals surface area contributed by atoms with Gasteiger partial charge in [-0.2, -0.15) is 0 Å². The lowest BCUT2D eigenvalue weighted by Crippen LogP contribution is -2.46. The summed E-state index contributed by atoms with van der Waals surface area (Å²) in [4.78, 5) is 25.0. The molecule has 1 fully saturated rings. The van der Waals surface area contributed by atoms with E-state index in [2.05, 4.69) is 14.9 Å². The maximum absolute atomic E-state index is 13.4. The van der Waals surface area contributed by atoms with E-state index in [1.807, 2.05) is 4.90 Å². The van der Waals surface area contributed by atoms with Crippen molar-refractivity contribution in [3.05, 3.63) is 53.4 Å². The van der Waals surface area contributed by atoms with Crippen LogP contribution in [0.15, 0.2) is 30.6 Å². The fraction of sp³-hybridized carbons (Fsp3) is 0.474. The van der Waals surface area contributed by atoms with Gasteiger partial charge in [-0.3, -0.25) is 9.69 Å². The molecule has 0 unspecified atom stereocenters. The Morgan fingerprint density at radius 3 is 2.64 bits per heavy atom. The number of amides is 1. The van der Waals surface area contributed by atoms with Crippen molar-refractivity contribution in [3.63, 3.8) is 0 Å². The van der Waals surface area contributed by atoms with Gasteiger partial charge in [0.15, 0.2) is 0 Å². The highest BCUT2D eigenvalue weighted by molar-refractivity contribution is 5.83. The summed E-state index contributed by atoms with van der Waals surface area (Å²) in [6.45, 7) is 3.08. The topological polar surface area (TPSA) is 52.2 Å². The molecular formula is C19H23FN4O. The summed E-state index contributed by atoms with van der Waals surface area (Å²) >= 11 is 0. The van der Waals surface area contributed by atoms with Crippen molar-refractivity contribution in [2.75, 3.05) is 19.6 Å². The molecule has 1 saturated heterocycles. The second-order valence-corrected chi connectivity index (χ2v) is 6.89. The molecule has 0 aliphatic carbocycles. The molecule has 1 atom stereocenters. The number of rotatable bonds is 3. The molecule has 25 heavy (non-hydrogen) atoms. The molecule has 132 valence electrons. The third-order valence-corrected chi connectivity index (χ3v) is 5.26. The number of piperidine rings is 1. The van der Waals surface area contributed by atoms with Crippen molar-refractivity contribution in [1.29, 1.82) is 0 Å². The predicted octanol–water partition coefficient (Wildman–Crippen LogP) is 2.66. The summed E-state index contributed by atoms with van der Waals surface area (Å²) in [5, 5.41) is 0. The van der Waals surface area contributed by atoms with Crippen LogP contribution < -0.4 is 0 Å².